The Morgan fingerprint density at radius 2 is 2.18 bits per heavy atom. The summed E-state index contributed by atoms with van der Waals surface area (Å²) in [4.78, 5) is 11.4. The number of carbonyl (C=O) groups is 1. The van der Waals surface area contributed by atoms with Gasteiger partial charge in [-0.15, -0.1) is 0 Å². The van der Waals surface area contributed by atoms with E-state index in [-0.39, 0.29) is 0 Å². The quantitative estimate of drug-likeness (QED) is 0.882. The van der Waals surface area contributed by atoms with Crippen molar-refractivity contribution in [3.63, 3.8) is 0 Å². The average molecular weight is 295 g/mol. The molecule has 0 radical (unpaired) electrons. The highest BCUT2D eigenvalue weighted by atomic mass is 79.9. The van der Waals surface area contributed by atoms with Crippen LogP contribution < -0.4 is 11.5 Å². The first kappa shape index (κ1) is 11.7. The van der Waals surface area contributed by atoms with Crippen molar-refractivity contribution >= 4 is 27.7 Å². The summed E-state index contributed by atoms with van der Waals surface area (Å²) in [5, 5.41) is 4.13. The molecule has 17 heavy (non-hydrogen) atoms. The number of anilines is 1. The Hall–Kier alpha value is -1.82. The topological polar surface area (TPSA) is 86.9 Å². The molecule has 2 rings (SSSR count). The monoisotopic (exact) mass is 294 g/mol. The maximum atomic E-state index is 11.4. The van der Waals surface area contributed by atoms with E-state index in [0.717, 1.165) is 5.56 Å². The zero-order valence-electron chi connectivity index (χ0n) is 9.14. The Morgan fingerprint density at radius 3 is 2.71 bits per heavy atom. The maximum absolute atomic E-state index is 11.4. The molecule has 2 aromatic rings. The van der Waals surface area contributed by atoms with Gasteiger partial charge in [-0.05, 0) is 35.0 Å². The van der Waals surface area contributed by atoms with Gasteiger partial charge in [0.15, 0.2) is 0 Å². The molecule has 0 spiro atoms. The van der Waals surface area contributed by atoms with E-state index < -0.39 is 5.91 Å². The Labute approximate surface area is 107 Å². The predicted molar refractivity (Wildman–Crippen MR) is 68.9 cm³/mol. The van der Waals surface area contributed by atoms with E-state index in [9.17, 15) is 4.79 Å². The molecule has 1 aromatic carbocycles. The molecule has 0 fully saturated rings. The number of nitrogens with two attached hydrogens (primary N) is 2. The molecule has 1 amide bonds. The van der Waals surface area contributed by atoms with E-state index in [0.29, 0.717) is 21.5 Å². The summed E-state index contributed by atoms with van der Waals surface area (Å²) in [5.41, 5.74) is 12.9. The highest BCUT2D eigenvalue weighted by Crippen LogP contribution is 2.24. The van der Waals surface area contributed by atoms with Gasteiger partial charge in [-0.25, -0.2) is 4.68 Å². The van der Waals surface area contributed by atoms with Crippen LogP contribution in [0.2, 0.25) is 0 Å². The number of aryl methyl sites for hydroxylation is 1. The Bertz CT molecular complexity index is 572. The van der Waals surface area contributed by atoms with Crippen LogP contribution in [0.4, 0.5) is 5.82 Å². The molecular weight excluding hydrogens is 284 g/mol. The van der Waals surface area contributed by atoms with Crippen LogP contribution >= 0.6 is 15.9 Å². The van der Waals surface area contributed by atoms with Gasteiger partial charge in [0.2, 0.25) is 0 Å². The number of halogens is 1. The Morgan fingerprint density at radius 1 is 1.47 bits per heavy atom. The van der Waals surface area contributed by atoms with Crippen LogP contribution in [0, 0.1) is 6.92 Å². The largest absolute Gasteiger partial charge is 0.382 e. The molecule has 0 saturated carbocycles. The number of amides is 1. The molecule has 4 N–H and O–H groups in total. The molecule has 88 valence electrons. The lowest BCUT2D eigenvalue weighted by atomic mass is 10.1. The van der Waals surface area contributed by atoms with Crippen molar-refractivity contribution in [2.75, 3.05) is 5.73 Å². The van der Waals surface area contributed by atoms with Crippen LogP contribution in [0.5, 0.6) is 0 Å². The van der Waals surface area contributed by atoms with Crippen LogP contribution in [0.3, 0.4) is 0 Å². The van der Waals surface area contributed by atoms with Gasteiger partial charge in [0.1, 0.15) is 5.82 Å². The summed E-state index contributed by atoms with van der Waals surface area (Å²) in [7, 11) is 0. The van der Waals surface area contributed by atoms with Crippen LogP contribution in [0.1, 0.15) is 15.9 Å². The van der Waals surface area contributed by atoms with E-state index in [1.165, 1.54) is 0 Å². The third-order valence-electron chi connectivity index (χ3n) is 2.42. The van der Waals surface area contributed by atoms with Crippen molar-refractivity contribution in [2.24, 2.45) is 5.73 Å². The first-order valence-electron chi connectivity index (χ1n) is 4.91. The molecule has 5 nitrogen and oxygen atoms in total. The number of hydrogen-bond acceptors (Lipinski definition) is 3. The number of nitrogens with zero attached hydrogens (tertiary/aromatic N) is 2. The minimum absolute atomic E-state index is 0.384. The molecule has 0 aliphatic carbocycles. The van der Waals surface area contributed by atoms with Crippen molar-refractivity contribution in [3.8, 4) is 5.69 Å². The number of primary amides is 1. The molecule has 0 bridgehead atoms. The first-order chi connectivity index (χ1) is 8.00. The summed E-state index contributed by atoms with van der Waals surface area (Å²) in [6, 6.07) is 5.32. The molecule has 0 unspecified atom stereocenters. The highest BCUT2D eigenvalue weighted by molar-refractivity contribution is 9.10. The number of rotatable bonds is 2. The lowest BCUT2D eigenvalue weighted by Crippen LogP contribution is -2.15. The Kier molecular flexibility index (Phi) is 2.89. The number of hydrogen-bond donors (Lipinski definition) is 2. The van der Waals surface area contributed by atoms with Crippen molar-refractivity contribution in [1.29, 1.82) is 0 Å². The maximum Gasteiger partial charge on any atom is 0.252 e. The normalized spacial score (nSPS) is 10.5. The van der Waals surface area contributed by atoms with Gasteiger partial charge in [0.05, 0.1) is 11.3 Å². The van der Waals surface area contributed by atoms with Gasteiger partial charge in [-0.3, -0.25) is 4.79 Å². The minimum Gasteiger partial charge on any atom is -0.382 e. The summed E-state index contributed by atoms with van der Waals surface area (Å²) in [6.07, 6.45) is 1.75. The highest BCUT2D eigenvalue weighted by Gasteiger charge is 2.15. The molecule has 0 aliphatic heterocycles. The van der Waals surface area contributed by atoms with Crippen molar-refractivity contribution in [3.05, 3.63) is 40.0 Å². The molecule has 1 heterocycles. The molecular formula is C11H11BrN4O. The summed E-state index contributed by atoms with van der Waals surface area (Å²) >= 11 is 3.30. The lowest BCUT2D eigenvalue weighted by Gasteiger charge is -2.08. The third-order valence-corrected chi connectivity index (χ3v) is 3.08. The van der Waals surface area contributed by atoms with Crippen molar-refractivity contribution in [2.45, 2.75) is 6.92 Å². The number of benzene rings is 1. The lowest BCUT2D eigenvalue weighted by molar-refractivity contribution is 0.0999. The van der Waals surface area contributed by atoms with Crippen molar-refractivity contribution < 1.29 is 4.79 Å². The van der Waals surface area contributed by atoms with Crippen LogP contribution in [-0.2, 0) is 0 Å². The molecule has 0 saturated heterocycles. The van der Waals surface area contributed by atoms with E-state index >= 15 is 0 Å². The second-order valence-corrected chi connectivity index (χ2v) is 4.49. The Balaban J connectivity index is 2.67. The third kappa shape index (κ3) is 2.03. The number of carbonyl (C=O) groups excluding carboxylic acids is 1. The van der Waals surface area contributed by atoms with E-state index in [4.69, 9.17) is 11.5 Å². The smallest absolute Gasteiger partial charge is 0.252 e. The van der Waals surface area contributed by atoms with Gasteiger partial charge >= 0.3 is 0 Å². The first-order valence-corrected chi connectivity index (χ1v) is 5.70. The second-order valence-electron chi connectivity index (χ2n) is 3.64. The van der Waals surface area contributed by atoms with Gasteiger partial charge < -0.3 is 11.5 Å². The number of aromatic nitrogens is 2. The zero-order chi connectivity index (χ0) is 12.6. The fourth-order valence-electron chi connectivity index (χ4n) is 1.54. The summed E-state index contributed by atoms with van der Waals surface area (Å²) in [5.74, 6) is -0.0837. The van der Waals surface area contributed by atoms with Gasteiger partial charge in [-0.1, -0.05) is 6.07 Å². The van der Waals surface area contributed by atoms with Crippen LogP contribution in [-0.4, -0.2) is 15.7 Å². The molecule has 1 aromatic heterocycles. The fourth-order valence-corrected chi connectivity index (χ4v) is 2.10. The molecule has 0 atom stereocenters. The predicted octanol–water partition coefficient (Wildman–Crippen LogP) is 1.62. The fraction of sp³-hybridized carbons (Fsp3) is 0.0909. The van der Waals surface area contributed by atoms with E-state index in [1.807, 2.05) is 6.92 Å². The standard InChI is InChI=1S/C11H11BrN4O/c1-6-5-16(15-10(6)13)8-4-2-3-7(12)9(8)11(14)17/h2-5H,1H3,(H2,13,15)(H2,14,17). The van der Waals surface area contributed by atoms with E-state index in [2.05, 4.69) is 21.0 Å². The SMILES string of the molecule is Cc1cn(-c2cccc(Br)c2C(N)=O)nc1N. The van der Waals surface area contributed by atoms with Gasteiger partial charge in [0, 0.05) is 16.2 Å². The second kappa shape index (κ2) is 4.21. The number of nitrogen functional groups attached to an aromatic ring is 1. The molecule has 0 aliphatic rings. The van der Waals surface area contributed by atoms with Crippen LogP contribution in [0.15, 0.2) is 28.9 Å². The summed E-state index contributed by atoms with van der Waals surface area (Å²) in [6.45, 7) is 1.85. The van der Waals surface area contributed by atoms with E-state index in [1.54, 1.807) is 29.1 Å². The molecule has 6 heteroatoms. The van der Waals surface area contributed by atoms with Gasteiger partial charge in [0.25, 0.3) is 5.91 Å². The van der Waals surface area contributed by atoms with Crippen LogP contribution in [0.25, 0.3) is 5.69 Å². The van der Waals surface area contributed by atoms with Crippen molar-refractivity contribution in [1.82, 2.24) is 9.78 Å². The average Bonchev–Trinajstić information content (AvgIpc) is 2.58. The van der Waals surface area contributed by atoms with Gasteiger partial charge in [-0.2, -0.15) is 5.10 Å². The summed E-state index contributed by atoms with van der Waals surface area (Å²) < 4.78 is 2.18. The minimum atomic E-state index is -0.515. The zero-order valence-corrected chi connectivity index (χ0v) is 10.7.